The molecule has 0 aliphatic rings. The van der Waals surface area contributed by atoms with Crippen LogP contribution in [-0.4, -0.2) is 22.3 Å². The van der Waals surface area contributed by atoms with Crippen LogP contribution in [0.3, 0.4) is 0 Å². The fourth-order valence-electron chi connectivity index (χ4n) is 1.23. The van der Waals surface area contributed by atoms with Crippen molar-refractivity contribution in [3.63, 3.8) is 0 Å². The summed E-state index contributed by atoms with van der Waals surface area (Å²) in [4.78, 5) is 0. The van der Waals surface area contributed by atoms with Crippen molar-refractivity contribution >= 4 is 26.7 Å². The summed E-state index contributed by atoms with van der Waals surface area (Å²) >= 11 is 3.36. The van der Waals surface area contributed by atoms with E-state index in [1.54, 1.807) is 6.07 Å². The van der Waals surface area contributed by atoms with Crippen LogP contribution in [0, 0.1) is 5.82 Å². The standard InChI is InChI=1S/C11H15BrFNOS/c1-2-16(15)6-5-14-8-9-7-10(13)3-4-11(9)12/h3-4,7,14H,2,5-6,8H2,1H3. The zero-order valence-electron chi connectivity index (χ0n) is 9.13. The molecule has 2 nitrogen and oxygen atoms in total. The molecule has 0 heterocycles. The minimum atomic E-state index is -0.743. The molecule has 0 bridgehead atoms. The SMILES string of the molecule is CCS(=O)CCNCc1cc(F)ccc1Br. The van der Waals surface area contributed by atoms with Gasteiger partial charge in [-0.05, 0) is 23.8 Å². The molecule has 1 unspecified atom stereocenters. The summed E-state index contributed by atoms with van der Waals surface area (Å²) in [5.41, 5.74) is 0.877. The van der Waals surface area contributed by atoms with E-state index in [1.807, 2.05) is 6.92 Å². The Morgan fingerprint density at radius 1 is 1.50 bits per heavy atom. The second-order valence-corrected chi connectivity index (χ2v) is 6.06. The van der Waals surface area contributed by atoms with Crippen molar-refractivity contribution in [3.05, 3.63) is 34.1 Å². The molecule has 1 aromatic carbocycles. The van der Waals surface area contributed by atoms with E-state index in [-0.39, 0.29) is 5.82 Å². The van der Waals surface area contributed by atoms with Gasteiger partial charge in [0.2, 0.25) is 0 Å². The summed E-state index contributed by atoms with van der Waals surface area (Å²) in [6.45, 7) is 3.17. The van der Waals surface area contributed by atoms with Gasteiger partial charge in [-0.25, -0.2) is 4.39 Å². The lowest BCUT2D eigenvalue weighted by Crippen LogP contribution is -2.20. The third kappa shape index (κ3) is 4.72. The Morgan fingerprint density at radius 2 is 2.25 bits per heavy atom. The van der Waals surface area contributed by atoms with E-state index < -0.39 is 10.8 Å². The Balaban J connectivity index is 2.37. The van der Waals surface area contributed by atoms with Crippen molar-refractivity contribution in [3.8, 4) is 0 Å². The lowest BCUT2D eigenvalue weighted by molar-refractivity contribution is 0.621. The molecule has 1 rings (SSSR count). The molecule has 0 saturated carbocycles. The fourth-order valence-corrected chi connectivity index (χ4v) is 2.28. The van der Waals surface area contributed by atoms with E-state index in [9.17, 15) is 8.60 Å². The van der Waals surface area contributed by atoms with Gasteiger partial charge in [-0.1, -0.05) is 22.9 Å². The normalized spacial score (nSPS) is 12.7. The first kappa shape index (κ1) is 13.8. The van der Waals surface area contributed by atoms with E-state index in [0.717, 1.165) is 10.0 Å². The molecular formula is C11H15BrFNOS. The van der Waals surface area contributed by atoms with Crippen LogP contribution in [0.25, 0.3) is 0 Å². The van der Waals surface area contributed by atoms with E-state index in [0.29, 0.717) is 24.6 Å². The highest BCUT2D eigenvalue weighted by Crippen LogP contribution is 2.17. The van der Waals surface area contributed by atoms with Gasteiger partial charge in [-0.2, -0.15) is 0 Å². The summed E-state index contributed by atoms with van der Waals surface area (Å²) < 4.78 is 25.0. The van der Waals surface area contributed by atoms with Crippen LogP contribution >= 0.6 is 15.9 Å². The van der Waals surface area contributed by atoms with Gasteiger partial charge in [0.25, 0.3) is 0 Å². The zero-order valence-corrected chi connectivity index (χ0v) is 11.5. The fraction of sp³-hybridized carbons (Fsp3) is 0.455. The average molecular weight is 308 g/mol. The molecule has 5 heteroatoms. The lowest BCUT2D eigenvalue weighted by Gasteiger charge is -2.06. The molecule has 0 saturated heterocycles. The van der Waals surface area contributed by atoms with Gasteiger partial charge in [-0.3, -0.25) is 4.21 Å². The molecule has 0 aromatic heterocycles. The zero-order chi connectivity index (χ0) is 12.0. The van der Waals surface area contributed by atoms with Crippen LogP contribution in [0.5, 0.6) is 0 Å². The van der Waals surface area contributed by atoms with Gasteiger partial charge in [0, 0.05) is 39.9 Å². The van der Waals surface area contributed by atoms with Gasteiger partial charge < -0.3 is 5.32 Å². The molecular weight excluding hydrogens is 293 g/mol. The number of rotatable bonds is 6. The quantitative estimate of drug-likeness (QED) is 0.818. The summed E-state index contributed by atoms with van der Waals surface area (Å²) in [6.07, 6.45) is 0. The molecule has 0 aliphatic heterocycles. The summed E-state index contributed by atoms with van der Waals surface area (Å²) in [5.74, 6) is 1.09. The van der Waals surface area contributed by atoms with E-state index in [1.165, 1.54) is 12.1 Å². The highest BCUT2D eigenvalue weighted by atomic mass is 79.9. The lowest BCUT2D eigenvalue weighted by atomic mass is 10.2. The molecule has 0 radical (unpaired) electrons. The Bertz CT molecular complexity index is 373. The topological polar surface area (TPSA) is 29.1 Å². The third-order valence-electron chi connectivity index (χ3n) is 2.15. The molecule has 1 N–H and O–H groups in total. The van der Waals surface area contributed by atoms with Crippen LogP contribution in [0.4, 0.5) is 4.39 Å². The van der Waals surface area contributed by atoms with Crippen LogP contribution in [0.1, 0.15) is 12.5 Å². The van der Waals surface area contributed by atoms with Crippen LogP contribution in [0.15, 0.2) is 22.7 Å². The summed E-state index contributed by atoms with van der Waals surface area (Å²) in [7, 11) is -0.743. The Labute approximate surface area is 106 Å². The largest absolute Gasteiger partial charge is 0.312 e. The maximum absolute atomic E-state index is 12.9. The molecule has 1 atom stereocenters. The first-order chi connectivity index (χ1) is 7.63. The van der Waals surface area contributed by atoms with E-state index >= 15 is 0 Å². The highest BCUT2D eigenvalue weighted by molar-refractivity contribution is 9.10. The Hall–Kier alpha value is -0.260. The smallest absolute Gasteiger partial charge is 0.123 e. The second kappa shape index (κ2) is 7.14. The van der Waals surface area contributed by atoms with Crippen molar-refractivity contribution < 1.29 is 8.60 Å². The second-order valence-electron chi connectivity index (χ2n) is 3.35. The van der Waals surface area contributed by atoms with Crippen LogP contribution in [-0.2, 0) is 17.3 Å². The number of hydrogen-bond acceptors (Lipinski definition) is 2. The Kier molecular flexibility index (Phi) is 6.16. The molecule has 0 fully saturated rings. The maximum Gasteiger partial charge on any atom is 0.123 e. The molecule has 16 heavy (non-hydrogen) atoms. The molecule has 0 aliphatic carbocycles. The molecule has 0 amide bonds. The van der Waals surface area contributed by atoms with Crippen molar-refractivity contribution in [1.29, 1.82) is 0 Å². The van der Waals surface area contributed by atoms with E-state index in [4.69, 9.17) is 0 Å². The number of benzene rings is 1. The minimum absolute atomic E-state index is 0.239. The minimum Gasteiger partial charge on any atom is -0.312 e. The van der Waals surface area contributed by atoms with Gasteiger partial charge >= 0.3 is 0 Å². The first-order valence-electron chi connectivity index (χ1n) is 5.13. The van der Waals surface area contributed by atoms with Crippen molar-refractivity contribution in [1.82, 2.24) is 5.32 Å². The van der Waals surface area contributed by atoms with E-state index in [2.05, 4.69) is 21.2 Å². The predicted molar refractivity (Wildman–Crippen MR) is 69.4 cm³/mol. The molecule has 1 aromatic rings. The van der Waals surface area contributed by atoms with Gasteiger partial charge in [0.05, 0.1) is 0 Å². The van der Waals surface area contributed by atoms with Crippen molar-refractivity contribution in [2.75, 3.05) is 18.1 Å². The van der Waals surface area contributed by atoms with Crippen molar-refractivity contribution in [2.24, 2.45) is 0 Å². The number of hydrogen-bond donors (Lipinski definition) is 1. The van der Waals surface area contributed by atoms with Crippen LogP contribution in [0.2, 0.25) is 0 Å². The molecule has 0 spiro atoms. The van der Waals surface area contributed by atoms with Gasteiger partial charge in [-0.15, -0.1) is 0 Å². The molecule has 90 valence electrons. The monoisotopic (exact) mass is 307 g/mol. The predicted octanol–water partition coefficient (Wildman–Crippen LogP) is 2.45. The maximum atomic E-state index is 12.9. The van der Waals surface area contributed by atoms with Crippen LogP contribution < -0.4 is 5.32 Å². The van der Waals surface area contributed by atoms with Crippen molar-refractivity contribution in [2.45, 2.75) is 13.5 Å². The average Bonchev–Trinajstić information content (AvgIpc) is 2.28. The number of nitrogens with one attached hydrogen (secondary N) is 1. The van der Waals surface area contributed by atoms with Gasteiger partial charge in [0.15, 0.2) is 0 Å². The summed E-state index contributed by atoms with van der Waals surface area (Å²) in [5, 5.41) is 3.15. The third-order valence-corrected chi connectivity index (χ3v) is 4.23. The number of halogens is 2. The Morgan fingerprint density at radius 3 is 2.94 bits per heavy atom. The van der Waals surface area contributed by atoms with Gasteiger partial charge in [0.1, 0.15) is 5.82 Å². The highest BCUT2D eigenvalue weighted by Gasteiger charge is 2.01. The summed E-state index contributed by atoms with van der Waals surface area (Å²) in [6, 6.07) is 4.60. The first-order valence-corrected chi connectivity index (χ1v) is 7.41.